The van der Waals surface area contributed by atoms with Gasteiger partial charge in [0.25, 0.3) is 0 Å². The molecule has 0 saturated carbocycles. The molecule has 0 N–H and O–H groups in total. The van der Waals surface area contributed by atoms with E-state index in [1.807, 2.05) is 17.8 Å². The Morgan fingerprint density at radius 3 is 2.77 bits per heavy atom. The number of rotatable bonds is 1. The number of hydrogen-bond acceptors (Lipinski definition) is 2. The first kappa shape index (κ1) is 9.28. The average molecular weight is 211 g/mol. The van der Waals surface area contributed by atoms with E-state index >= 15 is 0 Å². The van der Waals surface area contributed by atoms with E-state index in [9.17, 15) is 0 Å². The van der Waals surface area contributed by atoms with E-state index in [1.165, 1.54) is 23.0 Å². The molecule has 70 valence electrons. The lowest BCUT2D eigenvalue weighted by Crippen LogP contribution is -2.07. The van der Waals surface area contributed by atoms with Crippen molar-refractivity contribution in [2.24, 2.45) is 4.36 Å². The molecule has 1 aliphatic heterocycles. The highest BCUT2D eigenvalue weighted by Gasteiger charge is 2.04. The smallest absolute Gasteiger partial charge is 0.0703 e. The van der Waals surface area contributed by atoms with Crippen LogP contribution in [0.2, 0.25) is 0 Å². The minimum absolute atomic E-state index is 0.292. The zero-order valence-corrected chi connectivity index (χ0v) is 9.11. The third kappa shape index (κ3) is 2.85. The van der Waals surface area contributed by atoms with Crippen molar-refractivity contribution in [2.45, 2.75) is 6.42 Å². The minimum atomic E-state index is 0.292. The Morgan fingerprint density at radius 1 is 1.23 bits per heavy atom. The number of thioether (sulfide) groups is 1. The van der Waals surface area contributed by atoms with Gasteiger partial charge in [0.15, 0.2) is 0 Å². The van der Waals surface area contributed by atoms with E-state index < -0.39 is 0 Å². The van der Waals surface area contributed by atoms with Gasteiger partial charge in [0.05, 0.1) is 10.8 Å². The Morgan fingerprint density at radius 2 is 2.08 bits per heavy atom. The fourth-order valence-corrected chi connectivity index (χ4v) is 4.69. The van der Waals surface area contributed by atoms with E-state index in [4.69, 9.17) is 4.36 Å². The van der Waals surface area contributed by atoms with Gasteiger partial charge in [-0.3, -0.25) is 0 Å². The third-order valence-corrected chi connectivity index (χ3v) is 5.44. The summed E-state index contributed by atoms with van der Waals surface area (Å²) in [5.74, 6) is 2.62. The van der Waals surface area contributed by atoms with Crippen LogP contribution in [0.5, 0.6) is 0 Å². The molecule has 0 aromatic heterocycles. The number of hydrogen-bond donors (Lipinski definition) is 0. The standard InChI is InChI=1S/C10H13NS2/c1-2-5-10(6-3-1)11-13-8-4-7-12-9-13/h1-3,5-6H,4,7-9H2. The first-order valence-electron chi connectivity index (χ1n) is 4.47. The van der Waals surface area contributed by atoms with Crippen LogP contribution in [-0.4, -0.2) is 16.6 Å². The van der Waals surface area contributed by atoms with E-state index in [2.05, 4.69) is 24.3 Å². The van der Waals surface area contributed by atoms with Gasteiger partial charge in [-0.1, -0.05) is 28.9 Å². The summed E-state index contributed by atoms with van der Waals surface area (Å²) in [7, 11) is 0.292. The molecule has 1 saturated heterocycles. The quantitative estimate of drug-likeness (QED) is 0.695. The Bertz CT molecular complexity index is 287. The second-order valence-electron chi connectivity index (χ2n) is 2.97. The molecular weight excluding hydrogens is 198 g/mol. The lowest BCUT2D eigenvalue weighted by Gasteiger charge is -2.13. The van der Waals surface area contributed by atoms with Crippen molar-refractivity contribution < 1.29 is 0 Å². The van der Waals surface area contributed by atoms with Gasteiger partial charge in [-0.15, -0.1) is 0 Å². The topological polar surface area (TPSA) is 12.4 Å². The highest BCUT2D eigenvalue weighted by molar-refractivity contribution is 8.11. The zero-order chi connectivity index (χ0) is 8.93. The van der Waals surface area contributed by atoms with Gasteiger partial charge in [-0.2, -0.15) is 11.8 Å². The van der Waals surface area contributed by atoms with Crippen molar-refractivity contribution in [3.63, 3.8) is 0 Å². The average Bonchev–Trinajstić information content (AvgIpc) is 2.21. The second kappa shape index (κ2) is 4.82. The molecule has 1 fully saturated rings. The van der Waals surface area contributed by atoms with Crippen LogP contribution in [0.3, 0.4) is 0 Å². The van der Waals surface area contributed by atoms with Gasteiger partial charge in [0.2, 0.25) is 0 Å². The zero-order valence-electron chi connectivity index (χ0n) is 7.48. The van der Waals surface area contributed by atoms with Gasteiger partial charge >= 0.3 is 0 Å². The molecule has 1 aromatic rings. The molecule has 1 aromatic carbocycles. The maximum absolute atomic E-state index is 4.73. The predicted molar refractivity (Wildman–Crippen MR) is 62.7 cm³/mol. The van der Waals surface area contributed by atoms with Crippen LogP contribution in [0.4, 0.5) is 5.69 Å². The Balaban J connectivity index is 2.10. The van der Waals surface area contributed by atoms with Gasteiger partial charge in [0.1, 0.15) is 0 Å². The maximum Gasteiger partial charge on any atom is 0.0703 e. The van der Waals surface area contributed by atoms with Crippen molar-refractivity contribution in [2.75, 3.05) is 16.6 Å². The van der Waals surface area contributed by atoms with Crippen LogP contribution >= 0.6 is 11.8 Å². The summed E-state index contributed by atoms with van der Waals surface area (Å²) in [5.41, 5.74) is 1.15. The van der Waals surface area contributed by atoms with Crippen molar-refractivity contribution in [1.82, 2.24) is 0 Å². The summed E-state index contributed by atoms with van der Waals surface area (Å²) in [6, 6.07) is 10.3. The molecule has 1 unspecified atom stereocenters. The van der Waals surface area contributed by atoms with Crippen LogP contribution in [0.15, 0.2) is 34.7 Å². The highest BCUT2D eigenvalue weighted by atomic mass is 32.2. The Hall–Kier alpha value is -0.280. The third-order valence-electron chi connectivity index (χ3n) is 1.88. The van der Waals surface area contributed by atoms with E-state index in [-0.39, 0.29) is 0 Å². The second-order valence-corrected chi connectivity index (χ2v) is 6.25. The maximum atomic E-state index is 4.73. The highest BCUT2D eigenvalue weighted by Crippen LogP contribution is 2.19. The van der Waals surface area contributed by atoms with Crippen molar-refractivity contribution >= 4 is 28.1 Å². The minimum Gasteiger partial charge on any atom is -0.227 e. The van der Waals surface area contributed by atoms with E-state index in [1.54, 1.807) is 0 Å². The van der Waals surface area contributed by atoms with E-state index in [0.717, 1.165) is 5.69 Å². The van der Waals surface area contributed by atoms with Crippen molar-refractivity contribution in [3.05, 3.63) is 30.3 Å². The summed E-state index contributed by atoms with van der Waals surface area (Å²) in [6.45, 7) is 0. The van der Waals surface area contributed by atoms with Gasteiger partial charge in [-0.25, -0.2) is 4.36 Å². The molecule has 1 heterocycles. The van der Waals surface area contributed by atoms with Crippen molar-refractivity contribution in [3.8, 4) is 0 Å². The molecule has 0 spiro atoms. The Kier molecular flexibility index (Phi) is 3.44. The lowest BCUT2D eigenvalue weighted by molar-refractivity contribution is 1.11. The summed E-state index contributed by atoms with van der Waals surface area (Å²) >= 11 is 2.04. The normalized spacial score (nSPS) is 23.2. The monoisotopic (exact) mass is 211 g/mol. The van der Waals surface area contributed by atoms with Gasteiger partial charge in [-0.05, 0) is 24.3 Å². The lowest BCUT2D eigenvalue weighted by atomic mass is 10.3. The number of benzene rings is 1. The van der Waals surface area contributed by atoms with Crippen LogP contribution in [0.1, 0.15) is 6.42 Å². The van der Waals surface area contributed by atoms with Crippen LogP contribution < -0.4 is 0 Å². The molecule has 0 aliphatic carbocycles. The van der Waals surface area contributed by atoms with Gasteiger partial charge in [0, 0.05) is 5.75 Å². The van der Waals surface area contributed by atoms with Gasteiger partial charge < -0.3 is 0 Å². The summed E-state index contributed by atoms with van der Waals surface area (Å²) < 4.78 is 4.73. The molecular formula is C10H13NS2. The molecule has 0 amide bonds. The fraction of sp³-hybridized carbons (Fsp3) is 0.400. The molecule has 13 heavy (non-hydrogen) atoms. The summed E-state index contributed by atoms with van der Waals surface area (Å²) in [5, 5.41) is 1.23. The first-order valence-corrected chi connectivity index (χ1v) is 7.15. The van der Waals surface area contributed by atoms with Crippen LogP contribution in [-0.2, 0) is 10.7 Å². The summed E-state index contributed by atoms with van der Waals surface area (Å²) in [4.78, 5) is 0. The predicted octanol–water partition coefficient (Wildman–Crippen LogP) is 3.21. The van der Waals surface area contributed by atoms with E-state index in [0.29, 0.717) is 10.7 Å². The first-order chi connectivity index (χ1) is 6.45. The molecule has 1 nitrogen and oxygen atoms in total. The van der Waals surface area contributed by atoms with Crippen molar-refractivity contribution in [1.29, 1.82) is 0 Å². The SMILES string of the molecule is c1ccc(N=S2CCCSC2)cc1. The summed E-state index contributed by atoms with van der Waals surface area (Å²) in [6.07, 6.45) is 1.34. The molecule has 0 radical (unpaired) electrons. The molecule has 1 atom stereocenters. The molecule has 0 bridgehead atoms. The Labute approximate surface area is 86.0 Å². The van der Waals surface area contributed by atoms with Crippen LogP contribution in [0.25, 0.3) is 0 Å². The molecule has 1 aliphatic rings. The fourth-order valence-electron chi connectivity index (χ4n) is 1.25. The number of nitrogens with zero attached hydrogens (tertiary/aromatic N) is 1. The largest absolute Gasteiger partial charge is 0.227 e. The molecule has 2 rings (SSSR count). The molecule has 3 heteroatoms. The van der Waals surface area contributed by atoms with Crippen LogP contribution in [0, 0.1) is 0 Å².